The van der Waals surface area contributed by atoms with Gasteiger partial charge in [-0.1, -0.05) is 18.2 Å². The Balaban J connectivity index is 1.67. The van der Waals surface area contributed by atoms with Gasteiger partial charge in [0.1, 0.15) is 9.84 Å². The predicted molar refractivity (Wildman–Crippen MR) is 114 cm³/mol. The zero-order valence-electron chi connectivity index (χ0n) is 16.4. The standard InChI is InChI=1S/C22H20N4O3S/c1-14-19(13-27)21(15-6-8-30(28,29)9-7-15)25-22-18(12-24-26(14)22)17-10-16-4-2-3-5-20(16)23-11-17/h2-5,10-13,15H,6-9H2,1H3. The van der Waals surface area contributed by atoms with Crippen LogP contribution in [0.3, 0.4) is 0 Å². The van der Waals surface area contributed by atoms with Crippen molar-refractivity contribution in [2.45, 2.75) is 25.7 Å². The smallest absolute Gasteiger partial charge is 0.163 e. The van der Waals surface area contributed by atoms with Gasteiger partial charge >= 0.3 is 0 Å². The Hall–Kier alpha value is -3.13. The number of carbonyl (C=O) groups is 1. The molecule has 7 nitrogen and oxygen atoms in total. The third-order valence-electron chi connectivity index (χ3n) is 5.91. The van der Waals surface area contributed by atoms with Gasteiger partial charge in [-0.15, -0.1) is 0 Å². The fourth-order valence-electron chi connectivity index (χ4n) is 4.21. The average molecular weight is 420 g/mol. The van der Waals surface area contributed by atoms with Crippen molar-refractivity contribution in [3.05, 3.63) is 59.7 Å². The van der Waals surface area contributed by atoms with Crippen LogP contribution in [0, 0.1) is 6.92 Å². The van der Waals surface area contributed by atoms with Gasteiger partial charge in [-0.05, 0) is 31.9 Å². The number of aromatic nitrogens is 4. The van der Waals surface area contributed by atoms with Gasteiger partial charge < -0.3 is 0 Å². The molecule has 0 atom stereocenters. The summed E-state index contributed by atoms with van der Waals surface area (Å²) >= 11 is 0. The van der Waals surface area contributed by atoms with Crippen molar-refractivity contribution in [3.63, 3.8) is 0 Å². The van der Waals surface area contributed by atoms with Crippen LogP contribution in [0.4, 0.5) is 0 Å². The number of para-hydroxylation sites is 1. The second kappa shape index (κ2) is 6.98. The second-order valence-corrected chi connectivity index (χ2v) is 10.1. The van der Waals surface area contributed by atoms with Crippen LogP contribution in [0.25, 0.3) is 27.7 Å². The Morgan fingerprint density at radius 2 is 1.90 bits per heavy atom. The maximum atomic E-state index is 11.9. The Kier molecular flexibility index (Phi) is 4.39. The van der Waals surface area contributed by atoms with Crippen LogP contribution in [-0.4, -0.2) is 45.8 Å². The molecule has 0 radical (unpaired) electrons. The lowest BCUT2D eigenvalue weighted by molar-refractivity contribution is 0.112. The van der Waals surface area contributed by atoms with Crippen molar-refractivity contribution in [1.29, 1.82) is 0 Å². The van der Waals surface area contributed by atoms with E-state index >= 15 is 0 Å². The van der Waals surface area contributed by atoms with Gasteiger partial charge in [-0.25, -0.2) is 17.9 Å². The molecular weight excluding hydrogens is 400 g/mol. The summed E-state index contributed by atoms with van der Waals surface area (Å²) in [5.41, 5.74) is 5.16. The maximum Gasteiger partial charge on any atom is 0.163 e. The van der Waals surface area contributed by atoms with E-state index in [-0.39, 0.29) is 17.4 Å². The fourth-order valence-corrected chi connectivity index (χ4v) is 5.70. The lowest BCUT2D eigenvalue weighted by atomic mass is 9.94. The number of sulfone groups is 1. The number of fused-ring (bicyclic) bond motifs is 2. The Morgan fingerprint density at radius 3 is 2.67 bits per heavy atom. The van der Waals surface area contributed by atoms with Crippen LogP contribution >= 0.6 is 0 Å². The van der Waals surface area contributed by atoms with Crippen LogP contribution in [0.2, 0.25) is 0 Å². The van der Waals surface area contributed by atoms with Crippen molar-refractivity contribution >= 4 is 32.7 Å². The van der Waals surface area contributed by atoms with Crippen LogP contribution in [-0.2, 0) is 9.84 Å². The minimum atomic E-state index is -3.00. The first-order chi connectivity index (χ1) is 14.5. The van der Waals surface area contributed by atoms with Crippen LogP contribution in [0.15, 0.2) is 42.7 Å². The predicted octanol–water partition coefficient (Wildman–Crippen LogP) is 3.36. The number of carbonyl (C=O) groups excluding carboxylic acids is 1. The number of aryl methyl sites for hydroxylation is 1. The van der Waals surface area contributed by atoms with Gasteiger partial charge in [-0.3, -0.25) is 9.78 Å². The summed E-state index contributed by atoms with van der Waals surface area (Å²) in [5, 5.41) is 5.49. The number of hydrogen-bond acceptors (Lipinski definition) is 6. The SMILES string of the molecule is Cc1c(C=O)c(C2CCS(=O)(=O)CC2)nc2c(-c3cnc4ccccc4c3)cnn12. The molecule has 0 N–H and O–H groups in total. The number of benzene rings is 1. The maximum absolute atomic E-state index is 11.9. The van der Waals surface area contributed by atoms with E-state index in [2.05, 4.69) is 16.1 Å². The van der Waals surface area contributed by atoms with Crippen LogP contribution < -0.4 is 0 Å². The highest BCUT2D eigenvalue weighted by Crippen LogP contribution is 2.33. The molecule has 4 heterocycles. The van der Waals surface area contributed by atoms with Crippen molar-refractivity contribution < 1.29 is 13.2 Å². The first-order valence-corrected chi connectivity index (χ1v) is 11.7. The van der Waals surface area contributed by atoms with E-state index in [1.165, 1.54) is 0 Å². The van der Waals surface area contributed by atoms with E-state index in [9.17, 15) is 13.2 Å². The molecule has 0 unspecified atom stereocenters. The molecule has 0 saturated carbocycles. The van der Waals surface area contributed by atoms with Crippen molar-refractivity contribution in [2.75, 3.05) is 11.5 Å². The summed E-state index contributed by atoms with van der Waals surface area (Å²) in [7, 11) is -3.00. The highest BCUT2D eigenvalue weighted by Gasteiger charge is 2.29. The number of rotatable bonds is 3. The average Bonchev–Trinajstić information content (AvgIpc) is 3.18. The molecule has 1 aliphatic heterocycles. The minimum absolute atomic E-state index is 0.0603. The lowest BCUT2D eigenvalue weighted by Gasteiger charge is -2.23. The largest absolute Gasteiger partial charge is 0.298 e. The molecule has 1 aromatic carbocycles. The van der Waals surface area contributed by atoms with Gasteiger partial charge in [0, 0.05) is 28.6 Å². The summed E-state index contributed by atoms with van der Waals surface area (Å²) in [6.07, 6.45) is 5.31. The molecule has 0 aliphatic carbocycles. The topological polar surface area (TPSA) is 94.3 Å². The Labute approximate surface area is 173 Å². The molecule has 1 saturated heterocycles. The van der Waals surface area contributed by atoms with E-state index in [1.807, 2.05) is 31.2 Å². The zero-order chi connectivity index (χ0) is 20.9. The molecule has 0 spiro atoms. The molecule has 5 rings (SSSR count). The van der Waals surface area contributed by atoms with Gasteiger partial charge in [0.25, 0.3) is 0 Å². The second-order valence-electron chi connectivity index (χ2n) is 7.75. The summed E-state index contributed by atoms with van der Waals surface area (Å²) in [4.78, 5) is 21.3. The van der Waals surface area contributed by atoms with Gasteiger partial charge in [-0.2, -0.15) is 5.10 Å². The van der Waals surface area contributed by atoms with E-state index < -0.39 is 9.84 Å². The first kappa shape index (κ1) is 18.9. The summed E-state index contributed by atoms with van der Waals surface area (Å²) in [6.45, 7) is 1.84. The van der Waals surface area contributed by atoms with Crippen molar-refractivity contribution in [3.8, 4) is 11.1 Å². The van der Waals surface area contributed by atoms with Gasteiger partial charge in [0.2, 0.25) is 0 Å². The quantitative estimate of drug-likeness (QED) is 0.472. The van der Waals surface area contributed by atoms with Gasteiger partial charge in [0.15, 0.2) is 11.9 Å². The van der Waals surface area contributed by atoms with E-state index in [0.29, 0.717) is 35.4 Å². The van der Waals surface area contributed by atoms with Gasteiger partial charge in [0.05, 0.1) is 40.2 Å². The highest BCUT2D eigenvalue weighted by molar-refractivity contribution is 7.91. The molecule has 30 heavy (non-hydrogen) atoms. The molecule has 1 aliphatic rings. The fraction of sp³-hybridized carbons (Fsp3) is 0.273. The normalized spacial score (nSPS) is 16.8. The highest BCUT2D eigenvalue weighted by atomic mass is 32.2. The molecule has 8 heteroatoms. The Bertz CT molecular complexity index is 1390. The lowest BCUT2D eigenvalue weighted by Crippen LogP contribution is -2.24. The molecule has 152 valence electrons. The molecule has 1 fully saturated rings. The molecule has 3 aromatic heterocycles. The summed E-state index contributed by atoms with van der Waals surface area (Å²) < 4.78 is 25.4. The Morgan fingerprint density at radius 1 is 1.13 bits per heavy atom. The van der Waals surface area contributed by atoms with Crippen LogP contribution in [0.5, 0.6) is 0 Å². The van der Waals surface area contributed by atoms with Crippen LogP contribution in [0.1, 0.15) is 40.5 Å². The zero-order valence-corrected chi connectivity index (χ0v) is 17.3. The van der Waals surface area contributed by atoms with E-state index in [0.717, 1.165) is 28.3 Å². The first-order valence-electron chi connectivity index (χ1n) is 9.86. The monoisotopic (exact) mass is 420 g/mol. The number of pyridine rings is 1. The van der Waals surface area contributed by atoms with E-state index in [1.54, 1.807) is 16.9 Å². The number of hydrogen-bond donors (Lipinski definition) is 0. The number of nitrogens with zero attached hydrogens (tertiary/aromatic N) is 4. The van der Waals surface area contributed by atoms with E-state index in [4.69, 9.17) is 4.98 Å². The number of aldehydes is 1. The summed E-state index contributed by atoms with van der Waals surface area (Å²) in [6, 6.07) is 9.94. The van der Waals surface area contributed by atoms with Crippen molar-refractivity contribution in [2.24, 2.45) is 0 Å². The minimum Gasteiger partial charge on any atom is -0.298 e. The molecule has 0 amide bonds. The third-order valence-corrected chi connectivity index (χ3v) is 7.63. The molecule has 4 aromatic rings. The molecule has 0 bridgehead atoms. The third kappa shape index (κ3) is 3.08. The summed E-state index contributed by atoms with van der Waals surface area (Å²) in [5.74, 6) is 0.195. The van der Waals surface area contributed by atoms with Crippen molar-refractivity contribution in [1.82, 2.24) is 19.6 Å². The molecular formula is C22H20N4O3S.